The highest BCUT2D eigenvalue weighted by Gasteiger charge is 2.04. The number of hydrogen-bond donors (Lipinski definition) is 1. The molecule has 70 valence electrons. The molecule has 1 heteroatoms. The molecule has 0 fully saturated rings. The Kier molecular flexibility index (Phi) is 3.71. The normalized spacial score (nSPS) is 12.2. The van der Waals surface area contributed by atoms with Crippen molar-refractivity contribution in [1.82, 2.24) is 0 Å². The summed E-state index contributed by atoms with van der Waals surface area (Å²) >= 11 is 0. The highest BCUT2D eigenvalue weighted by atomic mass is 16.2. The topological polar surface area (TPSA) is 20.2 Å². The van der Waals surface area contributed by atoms with Crippen LogP contribution in [0.25, 0.3) is 5.57 Å². The van der Waals surface area contributed by atoms with Crippen molar-refractivity contribution in [3.8, 4) is 0 Å². The minimum atomic E-state index is 0.113. The van der Waals surface area contributed by atoms with Crippen LogP contribution < -0.4 is 0 Å². The average Bonchev–Trinajstić information content (AvgIpc) is 2.15. The highest BCUT2D eigenvalue weighted by Crippen LogP contribution is 2.21. The van der Waals surface area contributed by atoms with Crippen LogP contribution in [0.4, 0.5) is 0 Å². The molecule has 0 spiro atoms. The Balaban J connectivity index is 2.96. The van der Waals surface area contributed by atoms with E-state index in [1.54, 1.807) is 0 Å². The van der Waals surface area contributed by atoms with Gasteiger partial charge in [0.1, 0.15) is 0 Å². The molecule has 0 amide bonds. The van der Waals surface area contributed by atoms with Crippen molar-refractivity contribution in [2.24, 2.45) is 5.92 Å². The van der Waals surface area contributed by atoms with Crippen LogP contribution in [0.2, 0.25) is 0 Å². The highest BCUT2D eigenvalue weighted by molar-refractivity contribution is 5.66. The monoisotopic (exact) mass is 176 g/mol. The predicted octanol–water partition coefficient (Wildman–Crippen LogP) is 2.72. The molecule has 0 atom stereocenters. The zero-order valence-electron chi connectivity index (χ0n) is 8.20. The molecule has 0 heterocycles. The Morgan fingerprint density at radius 1 is 1.31 bits per heavy atom. The zero-order valence-corrected chi connectivity index (χ0v) is 8.20. The van der Waals surface area contributed by atoms with Gasteiger partial charge in [-0.15, -0.1) is 0 Å². The van der Waals surface area contributed by atoms with E-state index in [9.17, 15) is 0 Å². The molecule has 13 heavy (non-hydrogen) atoms. The van der Waals surface area contributed by atoms with E-state index in [1.807, 2.05) is 24.3 Å². The summed E-state index contributed by atoms with van der Waals surface area (Å²) in [6, 6.07) is 10.2. The van der Waals surface area contributed by atoms with Gasteiger partial charge in [-0.3, -0.25) is 0 Å². The largest absolute Gasteiger partial charge is 0.392 e. The van der Waals surface area contributed by atoms with Gasteiger partial charge in [-0.05, 0) is 17.1 Å². The summed E-state index contributed by atoms with van der Waals surface area (Å²) in [4.78, 5) is 0. The van der Waals surface area contributed by atoms with Crippen LogP contribution in [0, 0.1) is 5.92 Å². The molecule has 0 aliphatic carbocycles. The second-order valence-electron chi connectivity index (χ2n) is 3.36. The fourth-order valence-electron chi connectivity index (χ4n) is 1.42. The van der Waals surface area contributed by atoms with Crippen LogP contribution in [-0.2, 0) is 0 Å². The first-order valence-corrected chi connectivity index (χ1v) is 4.62. The van der Waals surface area contributed by atoms with E-state index in [1.165, 1.54) is 11.1 Å². The van der Waals surface area contributed by atoms with Crippen molar-refractivity contribution >= 4 is 5.57 Å². The molecule has 0 bridgehead atoms. The molecular weight excluding hydrogens is 160 g/mol. The molecule has 1 N–H and O–H groups in total. The van der Waals surface area contributed by atoms with Crippen molar-refractivity contribution in [1.29, 1.82) is 0 Å². The van der Waals surface area contributed by atoms with Gasteiger partial charge >= 0.3 is 0 Å². The predicted molar refractivity (Wildman–Crippen MR) is 56.3 cm³/mol. The lowest BCUT2D eigenvalue weighted by atomic mass is 9.95. The van der Waals surface area contributed by atoms with Gasteiger partial charge in [0.2, 0.25) is 0 Å². The number of allylic oxidation sites excluding steroid dienone is 1. The third-order valence-corrected chi connectivity index (χ3v) is 2.04. The Morgan fingerprint density at radius 3 is 2.38 bits per heavy atom. The van der Waals surface area contributed by atoms with Gasteiger partial charge in [0.05, 0.1) is 6.61 Å². The van der Waals surface area contributed by atoms with Gasteiger partial charge in [-0.1, -0.05) is 50.3 Å². The number of aliphatic hydroxyl groups excluding tert-OH is 1. The van der Waals surface area contributed by atoms with Crippen LogP contribution in [0.5, 0.6) is 0 Å². The number of rotatable bonds is 3. The first-order chi connectivity index (χ1) is 6.25. The van der Waals surface area contributed by atoms with Gasteiger partial charge in [0.15, 0.2) is 0 Å². The third-order valence-electron chi connectivity index (χ3n) is 2.04. The van der Waals surface area contributed by atoms with Gasteiger partial charge in [-0.25, -0.2) is 0 Å². The van der Waals surface area contributed by atoms with Crippen LogP contribution >= 0.6 is 0 Å². The zero-order chi connectivity index (χ0) is 9.68. The van der Waals surface area contributed by atoms with E-state index in [4.69, 9.17) is 5.11 Å². The van der Waals surface area contributed by atoms with Crippen LogP contribution in [0.3, 0.4) is 0 Å². The molecule has 1 rings (SSSR count). The van der Waals surface area contributed by atoms with Crippen molar-refractivity contribution in [2.45, 2.75) is 13.8 Å². The van der Waals surface area contributed by atoms with E-state index in [-0.39, 0.29) is 6.61 Å². The van der Waals surface area contributed by atoms with E-state index in [2.05, 4.69) is 26.0 Å². The number of benzene rings is 1. The maximum Gasteiger partial charge on any atom is 0.0618 e. The lowest BCUT2D eigenvalue weighted by molar-refractivity contribution is 0.342. The van der Waals surface area contributed by atoms with Crippen molar-refractivity contribution < 1.29 is 5.11 Å². The van der Waals surface area contributed by atoms with Gasteiger partial charge in [-0.2, -0.15) is 0 Å². The maximum absolute atomic E-state index is 8.87. The molecule has 0 aliphatic heterocycles. The van der Waals surface area contributed by atoms with E-state index < -0.39 is 0 Å². The molecule has 0 saturated heterocycles. The van der Waals surface area contributed by atoms with Crippen molar-refractivity contribution in [3.63, 3.8) is 0 Å². The SMILES string of the molecule is CC(C)/C(=C/CO)c1ccccc1. The summed E-state index contributed by atoms with van der Waals surface area (Å²) in [6.07, 6.45) is 1.88. The molecule has 1 aromatic rings. The van der Waals surface area contributed by atoms with Crippen molar-refractivity contribution in [2.75, 3.05) is 6.61 Å². The number of aliphatic hydroxyl groups is 1. The average molecular weight is 176 g/mol. The Bertz CT molecular complexity index is 272. The third kappa shape index (κ3) is 2.71. The second kappa shape index (κ2) is 4.83. The first-order valence-electron chi connectivity index (χ1n) is 4.62. The van der Waals surface area contributed by atoms with E-state index in [0.717, 1.165) is 0 Å². The quantitative estimate of drug-likeness (QED) is 0.750. The van der Waals surface area contributed by atoms with Crippen LogP contribution in [0.1, 0.15) is 19.4 Å². The molecule has 0 aromatic heterocycles. The summed E-state index contributed by atoms with van der Waals surface area (Å²) < 4.78 is 0. The summed E-state index contributed by atoms with van der Waals surface area (Å²) in [5, 5.41) is 8.87. The molecule has 0 saturated carbocycles. The van der Waals surface area contributed by atoms with E-state index >= 15 is 0 Å². The molecule has 0 radical (unpaired) electrons. The van der Waals surface area contributed by atoms with Crippen LogP contribution in [0.15, 0.2) is 36.4 Å². The summed E-state index contributed by atoms with van der Waals surface area (Å²) in [7, 11) is 0. The molecule has 0 aliphatic rings. The number of hydrogen-bond acceptors (Lipinski definition) is 1. The lowest BCUT2D eigenvalue weighted by Crippen LogP contribution is -1.94. The molecule has 1 aromatic carbocycles. The lowest BCUT2D eigenvalue weighted by Gasteiger charge is -2.10. The standard InChI is InChI=1S/C12H16O/c1-10(2)12(8-9-13)11-6-4-3-5-7-11/h3-8,10,13H,9H2,1-2H3/b12-8-. The molecular formula is C12H16O. The Morgan fingerprint density at radius 2 is 1.92 bits per heavy atom. The van der Waals surface area contributed by atoms with Gasteiger partial charge < -0.3 is 5.11 Å². The summed E-state index contributed by atoms with van der Waals surface area (Å²) in [6.45, 7) is 4.38. The minimum absolute atomic E-state index is 0.113. The van der Waals surface area contributed by atoms with Gasteiger partial charge in [0, 0.05) is 0 Å². The smallest absolute Gasteiger partial charge is 0.0618 e. The van der Waals surface area contributed by atoms with E-state index in [0.29, 0.717) is 5.92 Å². The van der Waals surface area contributed by atoms with Gasteiger partial charge in [0.25, 0.3) is 0 Å². The molecule has 0 unspecified atom stereocenters. The Labute approximate surface area is 79.7 Å². The maximum atomic E-state index is 8.87. The summed E-state index contributed by atoms with van der Waals surface area (Å²) in [5.74, 6) is 0.453. The van der Waals surface area contributed by atoms with Crippen LogP contribution in [-0.4, -0.2) is 11.7 Å². The Hall–Kier alpha value is -1.08. The fraction of sp³-hybridized carbons (Fsp3) is 0.333. The summed E-state index contributed by atoms with van der Waals surface area (Å²) in [5.41, 5.74) is 2.41. The fourth-order valence-corrected chi connectivity index (χ4v) is 1.42. The molecule has 1 nitrogen and oxygen atoms in total. The minimum Gasteiger partial charge on any atom is -0.392 e. The second-order valence-corrected chi connectivity index (χ2v) is 3.36. The first kappa shape index (κ1) is 10.0. The van der Waals surface area contributed by atoms with Crippen molar-refractivity contribution in [3.05, 3.63) is 42.0 Å².